The SMILES string of the molecule is CCCCCCC(=O)C(CC(=O)c1ccc(OC)cc1)c1ccccc1. The molecule has 0 aliphatic heterocycles. The van der Waals surface area contributed by atoms with Gasteiger partial charge in [-0.25, -0.2) is 0 Å². The predicted octanol–water partition coefficient (Wildman–Crippen LogP) is 5.59. The van der Waals surface area contributed by atoms with E-state index in [4.69, 9.17) is 4.74 Å². The largest absolute Gasteiger partial charge is 0.497 e. The summed E-state index contributed by atoms with van der Waals surface area (Å²) >= 11 is 0. The number of carbonyl (C=O) groups excluding carboxylic acids is 2. The Morgan fingerprint density at radius 3 is 2.23 bits per heavy atom. The van der Waals surface area contributed by atoms with Crippen LogP contribution in [0.1, 0.15) is 67.3 Å². The molecule has 0 amide bonds. The van der Waals surface area contributed by atoms with E-state index in [0.29, 0.717) is 17.7 Å². The molecular weight excluding hydrogens is 324 g/mol. The minimum absolute atomic E-state index is 0.0107. The molecule has 26 heavy (non-hydrogen) atoms. The average Bonchev–Trinajstić information content (AvgIpc) is 2.69. The number of hydrogen-bond donors (Lipinski definition) is 0. The Hall–Kier alpha value is -2.42. The van der Waals surface area contributed by atoms with E-state index < -0.39 is 0 Å². The summed E-state index contributed by atoms with van der Waals surface area (Å²) in [5, 5.41) is 0. The molecule has 0 radical (unpaired) electrons. The molecule has 0 saturated heterocycles. The molecule has 3 nitrogen and oxygen atoms in total. The minimum atomic E-state index is -0.368. The smallest absolute Gasteiger partial charge is 0.163 e. The van der Waals surface area contributed by atoms with E-state index in [2.05, 4.69) is 6.92 Å². The topological polar surface area (TPSA) is 43.4 Å². The summed E-state index contributed by atoms with van der Waals surface area (Å²) in [6.07, 6.45) is 5.00. The first-order valence-corrected chi connectivity index (χ1v) is 9.40. The fourth-order valence-corrected chi connectivity index (χ4v) is 3.08. The number of benzene rings is 2. The molecule has 0 bridgehead atoms. The molecule has 3 heteroatoms. The second-order valence-corrected chi connectivity index (χ2v) is 6.60. The van der Waals surface area contributed by atoms with Crippen LogP contribution in [0.25, 0.3) is 0 Å². The average molecular weight is 352 g/mol. The molecule has 0 N–H and O–H groups in total. The lowest BCUT2D eigenvalue weighted by Crippen LogP contribution is -2.17. The van der Waals surface area contributed by atoms with Crippen LogP contribution >= 0.6 is 0 Å². The molecule has 0 fully saturated rings. The van der Waals surface area contributed by atoms with Crippen molar-refractivity contribution in [3.8, 4) is 5.75 Å². The molecule has 0 aliphatic carbocycles. The van der Waals surface area contributed by atoms with Gasteiger partial charge in [0.15, 0.2) is 5.78 Å². The van der Waals surface area contributed by atoms with Crippen molar-refractivity contribution in [2.75, 3.05) is 7.11 Å². The van der Waals surface area contributed by atoms with Crippen molar-refractivity contribution in [3.05, 3.63) is 65.7 Å². The first-order chi connectivity index (χ1) is 12.7. The van der Waals surface area contributed by atoms with Crippen molar-refractivity contribution < 1.29 is 14.3 Å². The van der Waals surface area contributed by atoms with Crippen LogP contribution in [0.15, 0.2) is 54.6 Å². The predicted molar refractivity (Wildman–Crippen MR) is 105 cm³/mol. The van der Waals surface area contributed by atoms with Gasteiger partial charge in [0.1, 0.15) is 11.5 Å². The third-order valence-electron chi connectivity index (χ3n) is 4.67. The Labute approximate surface area is 156 Å². The Balaban J connectivity index is 2.10. The normalized spacial score (nSPS) is 11.8. The maximum Gasteiger partial charge on any atom is 0.163 e. The van der Waals surface area contributed by atoms with Gasteiger partial charge in [0.25, 0.3) is 0 Å². The standard InChI is InChI=1S/C23H28O3/c1-3-4-5-9-12-22(24)21(18-10-7-6-8-11-18)17-23(25)19-13-15-20(26-2)16-14-19/h6-8,10-11,13-16,21H,3-5,9,12,17H2,1-2H3. The van der Waals surface area contributed by atoms with Gasteiger partial charge in [0, 0.05) is 24.3 Å². The van der Waals surface area contributed by atoms with Crippen LogP contribution in [0.4, 0.5) is 0 Å². The molecular formula is C23H28O3. The molecule has 2 aromatic carbocycles. The van der Waals surface area contributed by atoms with Crippen LogP contribution in [-0.2, 0) is 4.79 Å². The third kappa shape index (κ3) is 5.83. The van der Waals surface area contributed by atoms with Crippen LogP contribution in [-0.4, -0.2) is 18.7 Å². The first kappa shape index (κ1) is 19.9. The minimum Gasteiger partial charge on any atom is -0.497 e. The molecule has 138 valence electrons. The van der Waals surface area contributed by atoms with E-state index in [1.165, 1.54) is 0 Å². The van der Waals surface area contributed by atoms with Gasteiger partial charge in [-0.3, -0.25) is 9.59 Å². The lowest BCUT2D eigenvalue weighted by atomic mass is 9.86. The summed E-state index contributed by atoms with van der Waals surface area (Å²) in [5.74, 6) is 0.498. The van der Waals surface area contributed by atoms with Gasteiger partial charge < -0.3 is 4.74 Å². The Bertz CT molecular complexity index is 689. The number of carbonyl (C=O) groups is 2. The molecule has 1 atom stereocenters. The highest BCUT2D eigenvalue weighted by molar-refractivity contribution is 6.00. The second-order valence-electron chi connectivity index (χ2n) is 6.60. The van der Waals surface area contributed by atoms with E-state index >= 15 is 0 Å². The fourth-order valence-electron chi connectivity index (χ4n) is 3.08. The number of hydrogen-bond acceptors (Lipinski definition) is 3. The fraction of sp³-hybridized carbons (Fsp3) is 0.391. The zero-order chi connectivity index (χ0) is 18.8. The number of unbranched alkanes of at least 4 members (excludes halogenated alkanes) is 3. The van der Waals surface area contributed by atoms with E-state index in [1.54, 1.807) is 31.4 Å². The van der Waals surface area contributed by atoms with Gasteiger partial charge in [-0.05, 0) is 36.2 Å². The number of Topliss-reactive ketones (excluding diaryl/α,β-unsaturated/α-hetero) is 2. The van der Waals surface area contributed by atoms with Crippen LogP contribution in [0, 0.1) is 0 Å². The summed E-state index contributed by atoms with van der Waals surface area (Å²) in [6, 6.07) is 16.7. The Morgan fingerprint density at radius 1 is 0.923 bits per heavy atom. The quantitative estimate of drug-likeness (QED) is 0.391. The summed E-state index contributed by atoms with van der Waals surface area (Å²) in [4.78, 5) is 25.5. The van der Waals surface area contributed by atoms with Gasteiger partial charge in [0.2, 0.25) is 0 Å². The summed E-state index contributed by atoms with van der Waals surface area (Å²) in [5.41, 5.74) is 1.54. The molecule has 0 spiro atoms. The van der Waals surface area contributed by atoms with Crippen LogP contribution in [0.3, 0.4) is 0 Å². The van der Waals surface area contributed by atoms with Crippen LogP contribution in [0.2, 0.25) is 0 Å². The van der Waals surface area contributed by atoms with E-state index in [9.17, 15) is 9.59 Å². The molecule has 0 saturated carbocycles. The van der Waals surface area contributed by atoms with Crippen molar-refractivity contribution in [2.45, 2.75) is 51.4 Å². The summed E-state index contributed by atoms with van der Waals surface area (Å²) < 4.78 is 5.14. The van der Waals surface area contributed by atoms with Gasteiger partial charge in [-0.15, -0.1) is 0 Å². The molecule has 2 aromatic rings. The third-order valence-corrected chi connectivity index (χ3v) is 4.67. The number of ether oxygens (including phenoxy) is 1. The molecule has 0 aromatic heterocycles. The van der Waals surface area contributed by atoms with Crippen molar-refractivity contribution in [3.63, 3.8) is 0 Å². The monoisotopic (exact) mass is 352 g/mol. The van der Waals surface area contributed by atoms with E-state index in [0.717, 1.165) is 31.2 Å². The maximum absolute atomic E-state index is 12.8. The lowest BCUT2D eigenvalue weighted by molar-refractivity contribution is -0.120. The van der Waals surface area contributed by atoms with Gasteiger partial charge in [-0.1, -0.05) is 56.5 Å². The molecule has 0 heterocycles. The highest BCUT2D eigenvalue weighted by Gasteiger charge is 2.23. The molecule has 0 aliphatic rings. The zero-order valence-electron chi connectivity index (χ0n) is 15.7. The van der Waals surface area contributed by atoms with Gasteiger partial charge >= 0.3 is 0 Å². The summed E-state index contributed by atoms with van der Waals surface area (Å²) in [6.45, 7) is 2.15. The Morgan fingerprint density at radius 2 is 1.62 bits per heavy atom. The maximum atomic E-state index is 12.8. The van der Waals surface area contributed by atoms with E-state index in [1.807, 2.05) is 30.3 Å². The number of rotatable bonds is 11. The first-order valence-electron chi connectivity index (χ1n) is 9.40. The zero-order valence-corrected chi connectivity index (χ0v) is 15.7. The van der Waals surface area contributed by atoms with Crippen molar-refractivity contribution in [2.24, 2.45) is 0 Å². The highest BCUT2D eigenvalue weighted by atomic mass is 16.5. The van der Waals surface area contributed by atoms with Gasteiger partial charge in [0.05, 0.1) is 7.11 Å². The van der Waals surface area contributed by atoms with Crippen molar-refractivity contribution in [1.29, 1.82) is 0 Å². The van der Waals surface area contributed by atoms with E-state index in [-0.39, 0.29) is 23.9 Å². The van der Waals surface area contributed by atoms with Gasteiger partial charge in [-0.2, -0.15) is 0 Å². The van der Waals surface area contributed by atoms with Crippen LogP contribution < -0.4 is 4.74 Å². The van der Waals surface area contributed by atoms with Crippen LogP contribution in [0.5, 0.6) is 5.75 Å². The summed E-state index contributed by atoms with van der Waals surface area (Å²) in [7, 11) is 1.60. The molecule has 1 unspecified atom stereocenters. The second kappa shape index (κ2) is 10.5. The van der Waals surface area contributed by atoms with Crippen molar-refractivity contribution in [1.82, 2.24) is 0 Å². The Kier molecular flexibility index (Phi) is 8.07. The lowest BCUT2D eigenvalue weighted by Gasteiger charge is -2.16. The number of ketones is 2. The molecule has 2 rings (SSSR count). The highest BCUT2D eigenvalue weighted by Crippen LogP contribution is 2.26. The van der Waals surface area contributed by atoms with Crippen molar-refractivity contribution >= 4 is 11.6 Å². The number of methoxy groups -OCH3 is 1.